The third-order valence-corrected chi connectivity index (χ3v) is 3.36. The lowest BCUT2D eigenvalue weighted by Crippen LogP contribution is -2.44. The number of ether oxygens (including phenoxy) is 1. The number of aromatic nitrogens is 1. The molecule has 0 radical (unpaired) electrons. The number of nitrogens with two attached hydrogens (primary N) is 1. The molecule has 1 saturated heterocycles. The summed E-state index contributed by atoms with van der Waals surface area (Å²) in [5.74, 6) is -0.176. The molecule has 0 bridgehead atoms. The Balaban J connectivity index is 2.27. The molecule has 0 aliphatic carbocycles. The topological polar surface area (TPSA) is 60.5 Å². The molecule has 94 valence electrons. The number of nitrogens with zero attached hydrogens (tertiary/aromatic N) is 2. The molecule has 2 rings (SSSR count). The summed E-state index contributed by atoms with van der Waals surface area (Å²) in [6.45, 7) is 0.558. The minimum atomic E-state index is -0.198. The third kappa shape index (κ3) is 2.15. The molecule has 1 aliphatic rings. The Kier molecular flexibility index (Phi) is 3.38. The number of methoxy groups -OCH3 is 1. The van der Waals surface area contributed by atoms with Crippen LogP contribution in [-0.2, 0) is 16.6 Å². The lowest BCUT2D eigenvalue weighted by Gasteiger charge is -2.29. The Morgan fingerprint density at radius 1 is 1.59 bits per heavy atom. The Hall–Kier alpha value is -1.49. The van der Waals surface area contributed by atoms with Gasteiger partial charge in [-0.15, -0.1) is 0 Å². The zero-order chi connectivity index (χ0) is 12.4. The van der Waals surface area contributed by atoms with Crippen LogP contribution in [0.25, 0.3) is 0 Å². The molecule has 1 aliphatic heterocycles. The van der Waals surface area contributed by atoms with Crippen molar-refractivity contribution < 1.29 is 9.53 Å². The lowest BCUT2D eigenvalue weighted by atomic mass is 10.2. The molecule has 1 aromatic heterocycles. The van der Waals surface area contributed by atoms with Crippen molar-refractivity contribution in [2.75, 3.05) is 18.6 Å². The Morgan fingerprint density at radius 3 is 2.88 bits per heavy atom. The highest BCUT2D eigenvalue weighted by molar-refractivity contribution is 5.81. The van der Waals surface area contributed by atoms with E-state index in [-0.39, 0.29) is 18.1 Å². The second kappa shape index (κ2) is 4.79. The number of hydrogen-bond donors (Lipinski definition) is 1. The summed E-state index contributed by atoms with van der Waals surface area (Å²) in [6.07, 6.45) is 5.72. The van der Waals surface area contributed by atoms with E-state index in [1.165, 1.54) is 7.11 Å². The van der Waals surface area contributed by atoms with Gasteiger partial charge < -0.3 is 19.9 Å². The van der Waals surface area contributed by atoms with Crippen LogP contribution in [0.4, 0.5) is 5.69 Å². The Morgan fingerprint density at radius 2 is 2.35 bits per heavy atom. The van der Waals surface area contributed by atoms with Crippen molar-refractivity contribution >= 4 is 11.7 Å². The first kappa shape index (κ1) is 12.0. The van der Waals surface area contributed by atoms with Crippen LogP contribution >= 0.6 is 0 Å². The van der Waals surface area contributed by atoms with Gasteiger partial charge in [0.05, 0.1) is 12.8 Å². The van der Waals surface area contributed by atoms with E-state index in [2.05, 4.69) is 4.90 Å². The van der Waals surface area contributed by atoms with Crippen molar-refractivity contribution in [3.05, 3.63) is 18.5 Å². The number of esters is 1. The number of aryl methyl sites for hydroxylation is 1. The van der Waals surface area contributed by atoms with E-state index in [1.54, 1.807) is 0 Å². The second-order valence-electron chi connectivity index (χ2n) is 4.45. The van der Waals surface area contributed by atoms with Gasteiger partial charge in [-0.3, -0.25) is 0 Å². The third-order valence-electron chi connectivity index (χ3n) is 3.36. The molecular weight excluding hydrogens is 218 g/mol. The lowest BCUT2D eigenvalue weighted by molar-refractivity contribution is -0.142. The normalized spacial score (nSPS) is 24.1. The number of rotatable bonds is 3. The highest BCUT2D eigenvalue weighted by atomic mass is 16.5. The van der Waals surface area contributed by atoms with Gasteiger partial charge in [-0.1, -0.05) is 0 Å². The van der Waals surface area contributed by atoms with Crippen molar-refractivity contribution in [3.8, 4) is 0 Å². The van der Waals surface area contributed by atoms with Crippen molar-refractivity contribution in [1.82, 2.24) is 4.57 Å². The standard InChI is InChI=1S/C12H19N3O2/c1-14-6-5-10(8-14)15-9(7-13)3-4-11(15)12(16)17-2/h5-6,8-9,11H,3-4,7,13H2,1-2H3. The van der Waals surface area contributed by atoms with Gasteiger partial charge in [-0.05, 0) is 18.9 Å². The molecule has 0 amide bonds. The van der Waals surface area contributed by atoms with Gasteiger partial charge in [0.15, 0.2) is 0 Å². The molecule has 1 aromatic rings. The minimum Gasteiger partial charge on any atom is -0.467 e. The second-order valence-corrected chi connectivity index (χ2v) is 4.45. The van der Waals surface area contributed by atoms with Crippen LogP contribution in [0.1, 0.15) is 12.8 Å². The van der Waals surface area contributed by atoms with Crippen molar-refractivity contribution in [2.45, 2.75) is 24.9 Å². The molecule has 2 atom stereocenters. The highest BCUT2D eigenvalue weighted by Crippen LogP contribution is 2.30. The van der Waals surface area contributed by atoms with Gasteiger partial charge in [0.2, 0.25) is 0 Å². The van der Waals surface area contributed by atoms with Gasteiger partial charge >= 0.3 is 5.97 Å². The molecule has 2 N–H and O–H groups in total. The molecule has 5 heteroatoms. The summed E-state index contributed by atoms with van der Waals surface area (Å²) in [7, 11) is 3.39. The highest BCUT2D eigenvalue weighted by Gasteiger charge is 2.38. The number of carbonyl (C=O) groups is 1. The maximum Gasteiger partial charge on any atom is 0.328 e. The van der Waals surface area contributed by atoms with Crippen LogP contribution in [0.3, 0.4) is 0 Å². The minimum absolute atomic E-state index is 0.176. The van der Waals surface area contributed by atoms with E-state index in [0.29, 0.717) is 6.54 Å². The number of carbonyl (C=O) groups excluding carboxylic acids is 1. The first-order valence-corrected chi connectivity index (χ1v) is 5.85. The zero-order valence-corrected chi connectivity index (χ0v) is 10.3. The predicted molar refractivity (Wildman–Crippen MR) is 65.8 cm³/mol. The predicted octanol–water partition coefficient (Wildman–Crippen LogP) is 0.494. The summed E-state index contributed by atoms with van der Waals surface area (Å²) >= 11 is 0. The Labute approximate surface area is 101 Å². The van der Waals surface area contributed by atoms with E-state index in [4.69, 9.17) is 10.5 Å². The maximum atomic E-state index is 11.8. The van der Waals surface area contributed by atoms with E-state index in [1.807, 2.05) is 30.1 Å². The smallest absolute Gasteiger partial charge is 0.328 e. The van der Waals surface area contributed by atoms with E-state index in [0.717, 1.165) is 18.5 Å². The summed E-state index contributed by atoms with van der Waals surface area (Å²) in [4.78, 5) is 13.8. The number of anilines is 1. The van der Waals surface area contributed by atoms with Crippen molar-refractivity contribution in [1.29, 1.82) is 0 Å². The number of hydrogen-bond acceptors (Lipinski definition) is 4. The fraction of sp³-hybridized carbons (Fsp3) is 0.583. The van der Waals surface area contributed by atoms with Crippen LogP contribution in [0.15, 0.2) is 18.5 Å². The Bertz CT molecular complexity index is 402. The first-order chi connectivity index (χ1) is 8.17. The fourth-order valence-corrected chi connectivity index (χ4v) is 2.51. The first-order valence-electron chi connectivity index (χ1n) is 5.85. The fourth-order valence-electron chi connectivity index (χ4n) is 2.51. The summed E-state index contributed by atoms with van der Waals surface area (Å²) < 4.78 is 6.83. The van der Waals surface area contributed by atoms with Crippen LogP contribution < -0.4 is 10.6 Å². The molecule has 1 fully saturated rings. The molecule has 0 saturated carbocycles. The molecular formula is C12H19N3O2. The maximum absolute atomic E-state index is 11.8. The SMILES string of the molecule is COC(=O)C1CCC(CN)N1c1ccn(C)c1. The van der Waals surface area contributed by atoms with Gasteiger partial charge in [0, 0.05) is 32.0 Å². The van der Waals surface area contributed by atoms with Crippen LogP contribution in [0.5, 0.6) is 0 Å². The van der Waals surface area contributed by atoms with E-state index < -0.39 is 0 Å². The van der Waals surface area contributed by atoms with E-state index >= 15 is 0 Å². The average molecular weight is 237 g/mol. The van der Waals surface area contributed by atoms with E-state index in [9.17, 15) is 4.79 Å². The zero-order valence-electron chi connectivity index (χ0n) is 10.3. The van der Waals surface area contributed by atoms with Crippen LogP contribution in [0, 0.1) is 0 Å². The molecule has 0 spiro atoms. The van der Waals surface area contributed by atoms with Crippen molar-refractivity contribution in [3.63, 3.8) is 0 Å². The van der Waals surface area contributed by atoms with Crippen LogP contribution in [-0.4, -0.2) is 36.3 Å². The molecule has 2 heterocycles. The molecule has 0 aromatic carbocycles. The van der Waals surface area contributed by atoms with Gasteiger partial charge in [0.1, 0.15) is 6.04 Å². The van der Waals surface area contributed by atoms with Gasteiger partial charge in [0.25, 0.3) is 0 Å². The largest absolute Gasteiger partial charge is 0.467 e. The molecule has 5 nitrogen and oxygen atoms in total. The van der Waals surface area contributed by atoms with Crippen LogP contribution in [0.2, 0.25) is 0 Å². The molecule has 17 heavy (non-hydrogen) atoms. The average Bonchev–Trinajstić information content (AvgIpc) is 2.93. The quantitative estimate of drug-likeness (QED) is 0.777. The van der Waals surface area contributed by atoms with Gasteiger partial charge in [-0.2, -0.15) is 0 Å². The van der Waals surface area contributed by atoms with Gasteiger partial charge in [-0.25, -0.2) is 4.79 Å². The summed E-state index contributed by atoms with van der Waals surface area (Å²) in [6, 6.07) is 2.03. The summed E-state index contributed by atoms with van der Waals surface area (Å²) in [5, 5.41) is 0. The van der Waals surface area contributed by atoms with Crippen molar-refractivity contribution in [2.24, 2.45) is 12.8 Å². The summed E-state index contributed by atoms with van der Waals surface area (Å²) in [5.41, 5.74) is 6.81. The monoisotopic (exact) mass is 237 g/mol. The molecule has 2 unspecified atom stereocenters.